The number of thiazole rings is 1. The molecule has 0 aromatic carbocycles. The van der Waals surface area contributed by atoms with E-state index in [-0.39, 0.29) is 4.88 Å². The Labute approximate surface area is 88.7 Å². The average Bonchev–Trinajstić information content (AvgIpc) is 2.71. The monoisotopic (exact) mass is 225 g/mol. The Morgan fingerprint density at radius 2 is 2.36 bits per heavy atom. The summed E-state index contributed by atoms with van der Waals surface area (Å²) in [6, 6.07) is 2.00. The predicted octanol–water partition coefficient (Wildman–Crippen LogP) is 2.88. The number of carbonyl (C=O) groups is 1. The van der Waals surface area contributed by atoms with Crippen LogP contribution in [0.15, 0.2) is 17.6 Å². The van der Waals surface area contributed by atoms with Crippen LogP contribution in [0.5, 0.6) is 0 Å². The molecular weight excluding hydrogens is 218 g/mol. The summed E-state index contributed by atoms with van der Waals surface area (Å²) in [7, 11) is 0. The molecule has 0 atom stereocenters. The maximum Gasteiger partial charge on any atom is 0.347 e. The lowest BCUT2D eigenvalue weighted by Gasteiger charge is -1.90. The molecule has 2 heterocycles. The number of carboxylic acid groups (broad SMARTS) is 1. The van der Waals surface area contributed by atoms with Crippen molar-refractivity contribution < 1.29 is 9.90 Å². The van der Waals surface area contributed by atoms with E-state index in [2.05, 4.69) is 4.98 Å². The molecule has 0 aliphatic rings. The van der Waals surface area contributed by atoms with Crippen molar-refractivity contribution in [3.8, 4) is 9.88 Å². The number of aromatic carboxylic acids is 1. The van der Waals surface area contributed by atoms with Gasteiger partial charge in [0, 0.05) is 0 Å². The SMILES string of the molecule is Cc1ccsc1-c1ncc(C(=O)O)s1. The minimum Gasteiger partial charge on any atom is -0.477 e. The molecular formula is C9H7NO2S2. The zero-order valence-electron chi connectivity index (χ0n) is 7.35. The molecule has 0 saturated heterocycles. The third kappa shape index (κ3) is 1.56. The molecule has 14 heavy (non-hydrogen) atoms. The van der Waals surface area contributed by atoms with Gasteiger partial charge in [-0.05, 0) is 23.9 Å². The number of rotatable bonds is 2. The summed E-state index contributed by atoms with van der Waals surface area (Å²) >= 11 is 2.80. The topological polar surface area (TPSA) is 50.2 Å². The molecule has 1 N–H and O–H groups in total. The summed E-state index contributed by atoms with van der Waals surface area (Å²) in [6.07, 6.45) is 1.40. The molecule has 0 spiro atoms. The molecule has 2 rings (SSSR count). The van der Waals surface area contributed by atoms with Crippen molar-refractivity contribution in [3.05, 3.63) is 28.1 Å². The summed E-state index contributed by atoms with van der Waals surface area (Å²) in [5, 5.41) is 11.5. The van der Waals surface area contributed by atoms with Gasteiger partial charge in [0.1, 0.15) is 9.88 Å². The van der Waals surface area contributed by atoms with Crippen LogP contribution in [0.1, 0.15) is 15.2 Å². The number of aromatic nitrogens is 1. The lowest BCUT2D eigenvalue weighted by Crippen LogP contribution is -1.89. The van der Waals surface area contributed by atoms with Gasteiger partial charge in [0.25, 0.3) is 0 Å². The summed E-state index contributed by atoms with van der Waals surface area (Å²) < 4.78 is 0. The summed E-state index contributed by atoms with van der Waals surface area (Å²) in [5.41, 5.74) is 1.14. The standard InChI is InChI=1S/C9H7NO2S2/c1-5-2-3-13-7(5)8-10-4-6(14-8)9(11)12/h2-4H,1H3,(H,11,12). The molecule has 0 unspecified atom stereocenters. The van der Waals surface area contributed by atoms with E-state index in [1.54, 1.807) is 11.3 Å². The molecule has 2 aromatic rings. The molecule has 0 bridgehead atoms. The van der Waals surface area contributed by atoms with Crippen LogP contribution >= 0.6 is 22.7 Å². The molecule has 3 nitrogen and oxygen atoms in total. The van der Waals surface area contributed by atoms with Crippen LogP contribution in [0, 0.1) is 6.92 Å². The Morgan fingerprint density at radius 3 is 2.86 bits per heavy atom. The van der Waals surface area contributed by atoms with Crippen LogP contribution in [0.3, 0.4) is 0 Å². The van der Waals surface area contributed by atoms with Gasteiger partial charge in [-0.15, -0.1) is 22.7 Å². The number of carboxylic acids is 1. The lowest BCUT2D eigenvalue weighted by atomic mass is 10.3. The fourth-order valence-electron chi connectivity index (χ4n) is 1.07. The second kappa shape index (κ2) is 3.51. The van der Waals surface area contributed by atoms with Gasteiger partial charge in [0.2, 0.25) is 0 Å². The third-order valence-corrected chi connectivity index (χ3v) is 3.93. The second-order valence-electron chi connectivity index (χ2n) is 2.77. The van der Waals surface area contributed by atoms with Crippen LogP contribution in [-0.4, -0.2) is 16.1 Å². The van der Waals surface area contributed by atoms with Crippen molar-refractivity contribution >= 4 is 28.6 Å². The van der Waals surface area contributed by atoms with Crippen molar-refractivity contribution in [3.63, 3.8) is 0 Å². The zero-order valence-corrected chi connectivity index (χ0v) is 8.98. The van der Waals surface area contributed by atoms with Gasteiger partial charge >= 0.3 is 5.97 Å². The fourth-order valence-corrected chi connectivity index (χ4v) is 2.91. The predicted molar refractivity (Wildman–Crippen MR) is 57.1 cm³/mol. The zero-order chi connectivity index (χ0) is 10.1. The number of thiophene rings is 1. The van der Waals surface area contributed by atoms with E-state index in [1.807, 2.05) is 18.4 Å². The average molecular weight is 225 g/mol. The van der Waals surface area contributed by atoms with E-state index in [9.17, 15) is 4.79 Å². The van der Waals surface area contributed by atoms with E-state index < -0.39 is 5.97 Å². The van der Waals surface area contributed by atoms with Crippen molar-refractivity contribution in [1.82, 2.24) is 4.98 Å². The first-order valence-electron chi connectivity index (χ1n) is 3.92. The maximum atomic E-state index is 10.6. The van der Waals surface area contributed by atoms with Gasteiger partial charge in [0.05, 0.1) is 11.1 Å². The van der Waals surface area contributed by atoms with Gasteiger partial charge in [0.15, 0.2) is 0 Å². The van der Waals surface area contributed by atoms with E-state index >= 15 is 0 Å². The molecule has 0 saturated carbocycles. The minimum atomic E-state index is -0.914. The van der Waals surface area contributed by atoms with Crippen LogP contribution in [0.2, 0.25) is 0 Å². The largest absolute Gasteiger partial charge is 0.477 e. The van der Waals surface area contributed by atoms with Gasteiger partial charge in [-0.25, -0.2) is 9.78 Å². The van der Waals surface area contributed by atoms with Crippen LogP contribution in [-0.2, 0) is 0 Å². The van der Waals surface area contributed by atoms with Crippen molar-refractivity contribution in [2.75, 3.05) is 0 Å². The van der Waals surface area contributed by atoms with E-state index in [0.29, 0.717) is 0 Å². The highest BCUT2D eigenvalue weighted by atomic mass is 32.1. The van der Waals surface area contributed by atoms with E-state index in [4.69, 9.17) is 5.11 Å². The fraction of sp³-hybridized carbons (Fsp3) is 0.111. The Hall–Kier alpha value is -1.20. The summed E-state index contributed by atoms with van der Waals surface area (Å²) in [4.78, 5) is 16.1. The molecule has 72 valence electrons. The van der Waals surface area contributed by atoms with Gasteiger partial charge in [-0.2, -0.15) is 0 Å². The normalized spacial score (nSPS) is 10.4. The van der Waals surface area contributed by atoms with Crippen LogP contribution < -0.4 is 0 Å². The van der Waals surface area contributed by atoms with E-state index in [0.717, 1.165) is 15.4 Å². The van der Waals surface area contributed by atoms with Crippen molar-refractivity contribution in [1.29, 1.82) is 0 Å². The first-order valence-corrected chi connectivity index (χ1v) is 5.61. The molecule has 2 aromatic heterocycles. The van der Waals surface area contributed by atoms with Gasteiger partial charge in [-0.3, -0.25) is 0 Å². The molecule has 0 amide bonds. The smallest absolute Gasteiger partial charge is 0.347 e. The first kappa shape index (κ1) is 9.36. The van der Waals surface area contributed by atoms with E-state index in [1.165, 1.54) is 17.5 Å². The molecule has 0 aliphatic carbocycles. The minimum absolute atomic E-state index is 0.285. The number of nitrogens with zero attached hydrogens (tertiary/aromatic N) is 1. The number of aryl methyl sites for hydroxylation is 1. The third-order valence-electron chi connectivity index (χ3n) is 1.77. The highest BCUT2D eigenvalue weighted by Gasteiger charge is 2.12. The van der Waals surface area contributed by atoms with Gasteiger partial charge in [-0.1, -0.05) is 0 Å². The summed E-state index contributed by atoms with van der Waals surface area (Å²) in [5.74, 6) is -0.914. The highest BCUT2D eigenvalue weighted by Crippen LogP contribution is 2.32. The molecule has 0 fully saturated rings. The van der Waals surface area contributed by atoms with Crippen LogP contribution in [0.4, 0.5) is 0 Å². The number of hydrogen-bond donors (Lipinski definition) is 1. The molecule has 0 aliphatic heterocycles. The Bertz CT molecular complexity index is 473. The molecule has 5 heteroatoms. The Kier molecular flexibility index (Phi) is 2.35. The number of hydrogen-bond acceptors (Lipinski definition) is 4. The Balaban J connectivity index is 2.43. The quantitative estimate of drug-likeness (QED) is 0.855. The first-order chi connectivity index (χ1) is 6.68. The maximum absolute atomic E-state index is 10.6. The Morgan fingerprint density at radius 1 is 1.57 bits per heavy atom. The highest BCUT2D eigenvalue weighted by molar-refractivity contribution is 7.22. The second-order valence-corrected chi connectivity index (χ2v) is 4.71. The van der Waals surface area contributed by atoms with Crippen LogP contribution in [0.25, 0.3) is 9.88 Å². The summed E-state index contributed by atoms with van der Waals surface area (Å²) in [6.45, 7) is 1.99. The van der Waals surface area contributed by atoms with Gasteiger partial charge < -0.3 is 5.11 Å². The molecule has 0 radical (unpaired) electrons. The van der Waals surface area contributed by atoms with Crippen molar-refractivity contribution in [2.24, 2.45) is 0 Å². The van der Waals surface area contributed by atoms with Crippen molar-refractivity contribution in [2.45, 2.75) is 6.92 Å². The lowest BCUT2D eigenvalue weighted by molar-refractivity contribution is 0.0702.